The van der Waals surface area contributed by atoms with Gasteiger partial charge in [-0.3, -0.25) is 4.79 Å². The van der Waals surface area contributed by atoms with Gasteiger partial charge in [0.05, 0.1) is 25.9 Å². The van der Waals surface area contributed by atoms with Crippen LogP contribution in [0.2, 0.25) is 0 Å². The van der Waals surface area contributed by atoms with Crippen LogP contribution in [-0.4, -0.2) is 33.9 Å². The summed E-state index contributed by atoms with van der Waals surface area (Å²) in [7, 11) is 0. The van der Waals surface area contributed by atoms with Crippen LogP contribution in [0.3, 0.4) is 0 Å². The third kappa shape index (κ3) is 3.58. The molecule has 5 rings (SSSR count). The molecule has 0 bridgehead atoms. The molecule has 4 aromatic rings. The quantitative estimate of drug-likeness (QED) is 0.425. The van der Waals surface area contributed by atoms with Crippen molar-refractivity contribution in [2.75, 3.05) is 13.1 Å². The highest BCUT2D eigenvalue weighted by molar-refractivity contribution is 7.18. The molecule has 1 aliphatic heterocycles. The molecule has 1 amide bonds. The lowest BCUT2D eigenvalue weighted by Crippen LogP contribution is -2.39. The number of carbonyl (C=O) groups excluding carboxylic acids is 1. The normalized spacial score (nSPS) is 17.0. The number of thiazole rings is 2. The summed E-state index contributed by atoms with van der Waals surface area (Å²) >= 11 is 3.26. The Morgan fingerprint density at radius 3 is 2.66 bits per heavy atom. The van der Waals surface area contributed by atoms with Gasteiger partial charge in [-0.25, -0.2) is 9.97 Å². The molecule has 0 aliphatic carbocycles. The summed E-state index contributed by atoms with van der Waals surface area (Å²) in [6.07, 6.45) is 2.08. The Kier molecular flexibility index (Phi) is 4.89. The fraction of sp³-hybridized carbons (Fsp3) is 0.261. The first-order valence-corrected chi connectivity index (χ1v) is 11.5. The summed E-state index contributed by atoms with van der Waals surface area (Å²) in [6, 6.07) is 18.3. The van der Waals surface area contributed by atoms with Gasteiger partial charge >= 0.3 is 0 Å². The van der Waals surface area contributed by atoms with E-state index in [0.717, 1.165) is 57.6 Å². The maximum atomic E-state index is 13.4. The van der Waals surface area contributed by atoms with Gasteiger partial charge in [0, 0.05) is 24.6 Å². The van der Waals surface area contributed by atoms with Crippen LogP contribution in [0, 0.1) is 6.92 Å². The number of fused-ring (bicyclic) bond motifs is 1. The van der Waals surface area contributed by atoms with E-state index >= 15 is 0 Å². The van der Waals surface area contributed by atoms with Crippen LogP contribution in [0.4, 0.5) is 0 Å². The summed E-state index contributed by atoms with van der Waals surface area (Å²) < 4.78 is 1.22. The Morgan fingerprint density at radius 1 is 1.03 bits per heavy atom. The number of amides is 1. The van der Waals surface area contributed by atoms with Crippen molar-refractivity contribution >= 4 is 38.8 Å². The largest absolute Gasteiger partial charge is 0.337 e. The van der Waals surface area contributed by atoms with E-state index < -0.39 is 0 Å². The third-order valence-electron chi connectivity index (χ3n) is 5.34. The van der Waals surface area contributed by atoms with E-state index in [1.807, 2.05) is 48.2 Å². The van der Waals surface area contributed by atoms with Crippen molar-refractivity contribution in [2.45, 2.75) is 25.7 Å². The molecular weight excluding hydrogens is 398 g/mol. The summed E-state index contributed by atoms with van der Waals surface area (Å²) in [4.78, 5) is 25.7. The van der Waals surface area contributed by atoms with E-state index in [0.29, 0.717) is 5.92 Å². The van der Waals surface area contributed by atoms with E-state index in [2.05, 4.69) is 23.2 Å². The predicted molar refractivity (Wildman–Crippen MR) is 120 cm³/mol. The first-order valence-electron chi connectivity index (χ1n) is 9.86. The minimum Gasteiger partial charge on any atom is -0.337 e. The van der Waals surface area contributed by atoms with Crippen LogP contribution in [0.5, 0.6) is 0 Å². The van der Waals surface area contributed by atoms with Crippen molar-refractivity contribution in [3.8, 4) is 11.3 Å². The Balaban J connectivity index is 1.42. The maximum absolute atomic E-state index is 13.4. The van der Waals surface area contributed by atoms with E-state index in [-0.39, 0.29) is 5.91 Å². The van der Waals surface area contributed by atoms with Crippen molar-refractivity contribution in [1.82, 2.24) is 14.9 Å². The molecule has 0 spiro atoms. The monoisotopic (exact) mass is 419 g/mol. The van der Waals surface area contributed by atoms with Crippen LogP contribution in [0.1, 0.15) is 38.4 Å². The van der Waals surface area contributed by atoms with E-state index in [1.165, 1.54) is 16.0 Å². The molecule has 1 aliphatic rings. The molecule has 1 fully saturated rings. The van der Waals surface area contributed by atoms with Crippen LogP contribution in [0.25, 0.3) is 21.5 Å². The molecular formula is C23H21N3OS2. The highest BCUT2D eigenvalue weighted by Crippen LogP contribution is 2.35. The zero-order valence-corrected chi connectivity index (χ0v) is 17.8. The van der Waals surface area contributed by atoms with Crippen LogP contribution >= 0.6 is 22.7 Å². The Bertz CT molecular complexity index is 1130. The van der Waals surface area contributed by atoms with Gasteiger partial charge < -0.3 is 4.90 Å². The first-order chi connectivity index (χ1) is 14.2. The van der Waals surface area contributed by atoms with Crippen LogP contribution in [0.15, 0.2) is 54.6 Å². The molecule has 1 atom stereocenters. The number of para-hydroxylation sites is 1. The lowest BCUT2D eigenvalue weighted by atomic mass is 9.98. The van der Waals surface area contributed by atoms with Gasteiger partial charge in [-0.1, -0.05) is 42.5 Å². The second kappa shape index (κ2) is 7.69. The molecule has 6 heteroatoms. The fourth-order valence-corrected chi connectivity index (χ4v) is 5.94. The van der Waals surface area contributed by atoms with Gasteiger partial charge in [0.2, 0.25) is 0 Å². The lowest BCUT2D eigenvalue weighted by molar-refractivity contribution is 0.0712. The predicted octanol–water partition coefficient (Wildman–Crippen LogP) is 5.75. The molecule has 1 saturated heterocycles. The SMILES string of the molecule is Cc1nc(-c2ccccc2)c(C(=O)N2CCC[C@@H](c3nc4ccccc4s3)C2)s1. The molecule has 3 heterocycles. The number of hydrogen-bond donors (Lipinski definition) is 0. The second-order valence-corrected chi connectivity index (χ2v) is 9.65. The standard InChI is InChI=1S/C23H21N3OS2/c1-15-24-20(16-8-3-2-4-9-16)21(28-15)23(27)26-13-7-10-17(14-26)22-25-18-11-5-6-12-19(18)29-22/h2-6,8-9,11-12,17H,7,10,13-14H2,1H3/t17-/m1/s1. The number of nitrogens with zero attached hydrogens (tertiary/aromatic N) is 3. The minimum absolute atomic E-state index is 0.0975. The van der Waals surface area contributed by atoms with Gasteiger partial charge in [0.25, 0.3) is 5.91 Å². The summed E-state index contributed by atoms with van der Waals surface area (Å²) in [5.74, 6) is 0.402. The number of piperidine rings is 1. The van der Waals surface area contributed by atoms with Crippen molar-refractivity contribution in [3.63, 3.8) is 0 Å². The van der Waals surface area contributed by atoms with Crippen LogP contribution in [-0.2, 0) is 0 Å². The van der Waals surface area contributed by atoms with E-state index in [1.54, 1.807) is 11.3 Å². The second-order valence-electron chi connectivity index (χ2n) is 7.39. The van der Waals surface area contributed by atoms with Crippen molar-refractivity contribution < 1.29 is 4.79 Å². The van der Waals surface area contributed by atoms with E-state index in [4.69, 9.17) is 4.98 Å². The molecule has 4 nitrogen and oxygen atoms in total. The van der Waals surface area contributed by atoms with Gasteiger partial charge in [-0.2, -0.15) is 0 Å². The van der Waals surface area contributed by atoms with E-state index in [9.17, 15) is 4.79 Å². The minimum atomic E-state index is 0.0975. The third-order valence-corrected chi connectivity index (χ3v) is 7.50. The number of aryl methyl sites for hydroxylation is 1. The molecule has 0 unspecified atom stereocenters. The molecule has 146 valence electrons. The molecule has 0 saturated carbocycles. The first kappa shape index (κ1) is 18.5. The number of aromatic nitrogens is 2. The van der Waals surface area contributed by atoms with Gasteiger partial charge in [0.1, 0.15) is 4.88 Å². The number of likely N-dealkylation sites (tertiary alicyclic amines) is 1. The molecule has 0 radical (unpaired) electrons. The van der Waals surface area contributed by atoms with Gasteiger partial charge in [-0.15, -0.1) is 22.7 Å². The van der Waals surface area contributed by atoms with Crippen molar-refractivity contribution in [3.05, 3.63) is 69.5 Å². The molecule has 29 heavy (non-hydrogen) atoms. The average Bonchev–Trinajstić information content (AvgIpc) is 3.37. The smallest absolute Gasteiger partial charge is 0.266 e. The highest BCUT2D eigenvalue weighted by atomic mass is 32.1. The molecule has 2 aromatic carbocycles. The van der Waals surface area contributed by atoms with Crippen molar-refractivity contribution in [2.24, 2.45) is 0 Å². The zero-order chi connectivity index (χ0) is 19.8. The molecule has 2 aromatic heterocycles. The topological polar surface area (TPSA) is 46.1 Å². The number of benzene rings is 2. The zero-order valence-electron chi connectivity index (χ0n) is 16.2. The van der Waals surface area contributed by atoms with Crippen LogP contribution < -0.4 is 0 Å². The Hall–Kier alpha value is -2.57. The lowest BCUT2D eigenvalue weighted by Gasteiger charge is -2.31. The Morgan fingerprint density at radius 2 is 1.83 bits per heavy atom. The highest BCUT2D eigenvalue weighted by Gasteiger charge is 2.30. The van der Waals surface area contributed by atoms with Crippen molar-refractivity contribution in [1.29, 1.82) is 0 Å². The molecule has 0 N–H and O–H groups in total. The maximum Gasteiger partial charge on any atom is 0.266 e. The summed E-state index contributed by atoms with van der Waals surface area (Å²) in [5.41, 5.74) is 2.86. The number of rotatable bonds is 3. The average molecular weight is 420 g/mol. The summed E-state index contributed by atoms with van der Waals surface area (Å²) in [5, 5.41) is 2.07. The summed E-state index contributed by atoms with van der Waals surface area (Å²) in [6.45, 7) is 3.49. The van der Waals surface area contributed by atoms with Gasteiger partial charge in [0.15, 0.2) is 0 Å². The number of carbonyl (C=O) groups is 1. The Labute approximate surface area is 177 Å². The number of hydrogen-bond acceptors (Lipinski definition) is 5. The fourth-order valence-electron chi connectivity index (χ4n) is 3.94. The van der Waals surface area contributed by atoms with Gasteiger partial charge in [-0.05, 0) is 31.9 Å².